The van der Waals surface area contributed by atoms with E-state index in [2.05, 4.69) is 28.8 Å². The van der Waals surface area contributed by atoms with Crippen molar-refractivity contribution in [3.63, 3.8) is 0 Å². The van der Waals surface area contributed by atoms with Gasteiger partial charge in [-0.05, 0) is 189 Å². The number of alkyl halides is 3. The molecule has 1 N–H and O–H groups in total. The number of hydrogen-bond donors (Lipinski definition) is 1. The van der Waals surface area contributed by atoms with Crippen molar-refractivity contribution in [3.8, 4) is 0 Å². The third-order valence-electron chi connectivity index (χ3n) is 22.9. The molecule has 7 heterocycles. The molecule has 25 nitrogen and oxygen atoms in total. The van der Waals surface area contributed by atoms with E-state index in [-0.39, 0.29) is 102 Å². The van der Waals surface area contributed by atoms with Gasteiger partial charge in [0.2, 0.25) is 17.7 Å². The summed E-state index contributed by atoms with van der Waals surface area (Å²) >= 11 is 0. The van der Waals surface area contributed by atoms with E-state index >= 15 is 0 Å². The van der Waals surface area contributed by atoms with Crippen molar-refractivity contribution in [2.75, 3.05) is 152 Å². The number of esters is 1. The van der Waals surface area contributed by atoms with Gasteiger partial charge in [0.1, 0.15) is 17.0 Å². The first kappa shape index (κ1) is 79.5. The summed E-state index contributed by atoms with van der Waals surface area (Å²) in [6.45, 7) is 40.2. The van der Waals surface area contributed by atoms with Gasteiger partial charge in [0.15, 0.2) is 0 Å². The molecule has 2 spiro atoms. The first-order valence-electron chi connectivity index (χ1n) is 37.1. The predicted octanol–water partition coefficient (Wildman–Crippen LogP) is 7.58. The molecular formula is C72H117F3N10O15. The summed E-state index contributed by atoms with van der Waals surface area (Å²) < 4.78 is 61.9. The highest BCUT2D eigenvalue weighted by molar-refractivity contribution is 5.87. The molecule has 7 saturated heterocycles. The number of nitrogens with one attached hydrogen (secondary N) is 1. The normalized spacial score (nSPS) is 29.8. The summed E-state index contributed by atoms with van der Waals surface area (Å²) in [6, 6.07) is 0.650. The molecule has 6 aliphatic carbocycles. The highest BCUT2D eigenvalue weighted by atomic mass is 19.4. The SMILES string of the molecule is C1CCNC1.CCN(CC)C(=O)C1[C@H]2CN(C(=O)C(F)(F)F)C[C@@H]12.CCN(CC)C(=O)C1[C@H]2CN(C(=O)OC(C)(C)C)C[C@@H]12.CCN(CC)C(=O)C1[C@H]2CN(C3CCC4(C3)CN(C(=O)OC)C4)C[C@@H]12.CCOC(=O)C1[C@H]2CN(C(=O)OC(C)(C)C)C[C@@H]12.COC(=O)N1CC2(CCC(=O)C2)C1. The number of rotatable bonds is 12. The fourth-order valence-corrected chi connectivity index (χ4v) is 17.4. The van der Waals surface area contributed by atoms with Crippen LogP contribution in [0.4, 0.5) is 32.3 Å². The summed E-state index contributed by atoms with van der Waals surface area (Å²) in [6.07, 6.45) is 2.93. The Kier molecular flexibility index (Phi) is 26.0. The lowest BCUT2D eigenvalue weighted by atomic mass is 9.78. The molecule has 7 aliphatic heterocycles. The topological polar surface area (TPSA) is 258 Å². The molecule has 13 rings (SSSR count). The number of amides is 8. The number of hydrogen-bond acceptors (Lipinski definition) is 17. The molecule has 100 heavy (non-hydrogen) atoms. The number of Topliss-reactive ketones (excluding diaryl/α,β-unsaturated/α-hetero) is 1. The van der Waals surface area contributed by atoms with Gasteiger partial charge in [-0.25, -0.2) is 19.2 Å². The number of halogens is 3. The Balaban J connectivity index is 0.000000158. The van der Waals surface area contributed by atoms with Crippen LogP contribution in [0.1, 0.15) is 141 Å². The van der Waals surface area contributed by atoms with Crippen LogP contribution in [-0.4, -0.2) is 279 Å². The van der Waals surface area contributed by atoms with Gasteiger partial charge in [-0.1, -0.05) is 0 Å². The van der Waals surface area contributed by atoms with E-state index in [0.717, 1.165) is 63.7 Å². The van der Waals surface area contributed by atoms with E-state index in [9.17, 15) is 61.1 Å². The molecule has 0 radical (unpaired) electrons. The minimum absolute atomic E-state index is 0.00337. The van der Waals surface area contributed by atoms with E-state index in [4.69, 9.17) is 18.9 Å². The molecule has 13 aliphatic rings. The maximum atomic E-state index is 12.6. The van der Waals surface area contributed by atoms with Crippen LogP contribution in [0.15, 0.2) is 0 Å². The van der Waals surface area contributed by atoms with E-state index in [0.29, 0.717) is 125 Å². The lowest BCUT2D eigenvalue weighted by Gasteiger charge is -2.47. The van der Waals surface area contributed by atoms with Gasteiger partial charge in [-0.15, -0.1) is 0 Å². The lowest BCUT2D eigenvalue weighted by Crippen LogP contribution is -2.57. The van der Waals surface area contributed by atoms with Gasteiger partial charge >= 0.3 is 42.4 Å². The van der Waals surface area contributed by atoms with Crippen LogP contribution in [0, 0.1) is 81.8 Å². The Morgan fingerprint density at radius 3 is 1.16 bits per heavy atom. The largest absolute Gasteiger partial charge is 0.471 e. The van der Waals surface area contributed by atoms with Crippen LogP contribution in [0.3, 0.4) is 0 Å². The molecule has 28 heteroatoms. The van der Waals surface area contributed by atoms with Crippen LogP contribution >= 0.6 is 0 Å². The Hall–Kier alpha value is -6.19. The number of nitrogens with zero attached hydrogens (tertiary/aromatic N) is 9. The molecule has 8 amide bonds. The van der Waals surface area contributed by atoms with E-state index in [1.807, 2.05) is 90.9 Å². The Labute approximate surface area is 590 Å². The van der Waals surface area contributed by atoms with Crippen LogP contribution < -0.4 is 5.32 Å². The predicted molar refractivity (Wildman–Crippen MR) is 364 cm³/mol. The summed E-state index contributed by atoms with van der Waals surface area (Å²) in [5.41, 5.74) is -0.474. The standard InChI is InChI=1S/C19H31N3O3.C15H26N2O3.C13H21NO4.C12H17F3N2O2.C9H13NO3.C4H9N/c1-4-20(5-2)17(23)16-14-9-21(10-15(14)16)13-6-7-19(8-13)11-22(12-19)18(24)25-3;1-6-16(7-2)13(18)12-10-8-17(9-11(10)12)14(19)20-15(3,4)5;1-5-17-11(15)10-8-6-14(7-9(8)10)12(16)18-13(2,3)4;1-3-16(4-2)10(18)9-7-5-17(6-8(7)9)11(19)12(13,14)15;1-13-8(12)10-5-9(6-10)3-2-7(11)4-9;1-2-4-5-3-1/h13-16H,4-12H2,1-3H3;10-12H,6-9H2,1-5H3;8-10H,5-7H2,1-4H3;7-9H,3-6H2,1-2H3;2-6H2,1H3;5H,1-4H2/t13?,14-,15+,16?;10-,11+,12?;8-,9+,10?;7-,8+,9?;;. The third kappa shape index (κ3) is 19.0. The van der Waals surface area contributed by atoms with Gasteiger partial charge in [0.05, 0.1) is 26.7 Å². The third-order valence-corrected chi connectivity index (χ3v) is 22.9. The smallest absolute Gasteiger partial charge is 0.466 e. The molecule has 566 valence electrons. The van der Waals surface area contributed by atoms with Crippen molar-refractivity contribution in [1.82, 2.24) is 49.4 Å². The Bertz CT molecular complexity index is 2860. The zero-order valence-corrected chi connectivity index (χ0v) is 62.3. The number of ether oxygens (including phenoxy) is 5. The van der Waals surface area contributed by atoms with Crippen molar-refractivity contribution in [3.05, 3.63) is 0 Å². The Morgan fingerprint density at radius 1 is 0.490 bits per heavy atom. The maximum absolute atomic E-state index is 12.6. The average Bonchev–Trinajstić information content (AvgIpc) is 1.58. The number of piperidine rings is 4. The highest BCUT2D eigenvalue weighted by Crippen LogP contribution is 2.57. The van der Waals surface area contributed by atoms with Crippen LogP contribution in [0.25, 0.3) is 0 Å². The minimum Gasteiger partial charge on any atom is -0.466 e. The fraction of sp³-hybridized carbons (Fsp3) is 0.861. The molecule has 0 aromatic carbocycles. The second-order valence-corrected chi connectivity index (χ2v) is 31.9. The highest BCUT2D eigenvalue weighted by Gasteiger charge is 2.65. The van der Waals surface area contributed by atoms with Gasteiger partial charge < -0.3 is 68.2 Å². The first-order valence-corrected chi connectivity index (χ1v) is 37.1. The minimum atomic E-state index is -4.81. The molecular weight excluding hydrogens is 1300 g/mol. The fourth-order valence-electron chi connectivity index (χ4n) is 17.4. The lowest BCUT2D eigenvalue weighted by molar-refractivity contribution is -0.185. The molecule has 6 saturated carbocycles. The van der Waals surface area contributed by atoms with Crippen LogP contribution in [0.2, 0.25) is 0 Å². The number of carbonyl (C=O) groups is 10. The number of carbonyl (C=O) groups excluding carboxylic acids is 10. The van der Waals surface area contributed by atoms with Gasteiger partial charge in [-0.3, -0.25) is 33.7 Å². The molecule has 0 bridgehead atoms. The van der Waals surface area contributed by atoms with E-state index in [1.54, 1.807) is 19.6 Å². The number of fused-ring (bicyclic) bond motifs is 4. The summed E-state index contributed by atoms with van der Waals surface area (Å²) in [7, 11) is 2.84. The molecule has 13 atom stereocenters. The van der Waals surface area contributed by atoms with Crippen molar-refractivity contribution in [2.45, 2.75) is 165 Å². The number of methoxy groups -OCH3 is 2. The van der Waals surface area contributed by atoms with Crippen LogP contribution in [-0.2, 0) is 52.5 Å². The average molecular weight is 1420 g/mol. The molecule has 0 aromatic rings. The zero-order valence-electron chi connectivity index (χ0n) is 62.3. The zero-order chi connectivity index (χ0) is 73.7. The molecule has 0 aromatic heterocycles. The molecule has 5 unspecified atom stereocenters. The summed E-state index contributed by atoms with van der Waals surface area (Å²) in [5.74, 6) is 1.60. The van der Waals surface area contributed by atoms with Crippen molar-refractivity contribution in [1.29, 1.82) is 0 Å². The van der Waals surface area contributed by atoms with Gasteiger partial charge in [0.25, 0.3) is 0 Å². The van der Waals surface area contributed by atoms with Crippen LogP contribution in [0.5, 0.6) is 0 Å². The van der Waals surface area contributed by atoms with Crippen molar-refractivity contribution < 1.29 is 84.8 Å². The Morgan fingerprint density at radius 2 is 0.850 bits per heavy atom. The number of likely N-dealkylation sites (tertiary alicyclic amines) is 6. The maximum Gasteiger partial charge on any atom is 0.471 e. The summed E-state index contributed by atoms with van der Waals surface area (Å²) in [4.78, 5) is 133. The number of ketones is 1. The van der Waals surface area contributed by atoms with Gasteiger partial charge in [0, 0.05) is 165 Å². The van der Waals surface area contributed by atoms with Crippen molar-refractivity contribution >= 4 is 59.8 Å². The van der Waals surface area contributed by atoms with Crippen molar-refractivity contribution in [2.24, 2.45) is 81.8 Å². The molecule has 13 fully saturated rings. The van der Waals surface area contributed by atoms with E-state index in [1.165, 1.54) is 59.4 Å². The monoisotopic (exact) mass is 1420 g/mol. The second-order valence-electron chi connectivity index (χ2n) is 31.9. The first-order chi connectivity index (χ1) is 47.1. The quantitative estimate of drug-likeness (QED) is 0.146. The summed E-state index contributed by atoms with van der Waals surface area (Å²) in [5, 5.41) is 3.22. The second kappa shape index (κ2) is 32.6. The van der Waals surface area contributed by atoms with Gasteiger partial charge in [-0.2, -0.15) is 13.2 Å². The van der Waals surface area contributed by atoms with E-state index < -0.39 is 23.3 Å².